The fourth-order valence-electron chi connectivity index (χ4n) is 2.41. The van der Waals surface area contributed by atoms with Crippen LogP contribution in [-0.4, -0.2) is 38.1 Å². The smallest absolute Gasteiger partial charge is 0.340 e. The number of benzene rings is 1. The van der Waals surface area contributed by atoms with Gasteiger partial charge in [-0.05, 0) is 36.4 Å². The van der Waals surface area contributed by atoms with Crippen LogP contribution in [0.4, 0.5) is 0 Å². The van der Waals surface area contributed by atoms with Gasteiger partial charge in [-0.25, -0.2) is 4.79 Å². The summed E-state index contributed by atoms with van der Waals surface area (Å²) in [7, 11) is 1.32. The zero-order valence-electron chi connectivity index (χ0n) is 15.9. The van der Waals surface area contributed by atoms with Gasteiger partial charge in [0.15, 0.2) is 6.61 Å². The number of rotatable bonds is 9. The number of methoxy groups -OCH3 is 1. The van der Waals surface area contributed by atoms with E-state index in [0.29, 0.717) is 18.5 Å². The van der Waals surface area contributed by atoms with Crippen LogP contribution in [0.15, 0.2) is 41.8 Å². The Hall–Kier alpha value is -2.93. The van der Waals surface area contributed by atoms with Gasteiger partial charge in [0.1, 0.15) is 0 Å². The van der Waals surface area contributed by atoms with E-state index in [4.69, 9.17) is 4.74 Å². The van der Waals surface area contributed by atoms with Crippen LogP contribution in [0.1, 0.15) is 28.8 Å². The predicted molar refractivity (Wildman–Crippen MR) is 109 cm³/mol. The Morgan fingerprint density at radius 2 is 2.00 bits per heavy atom. The molecule has 1 heterocycles. The highest BCUT2D eigenvalue weighted by molar-refractivity contribution is 7.11. The first-order chi connectivity index (χ1) is 13.5. The maximum atomic E-state index is 12.6. The van der Waals surface area contributed by atoms with Crippen molar-refractivity contribution >= 4 is 40.8 Å². The van der Waals surface area contributed by atoms with Gasteiger partial charge in [0.2, 0.25) is 0 Å². The van der Waals surface area contributed by atoms with Crippen molar-refractivity contribution in [3.63, 3.8) is 0 Å². The topological polar surface area (TPSA) is 81.7 Å². The Kier molecular flexibility index (Phi) is 8.42. The number of hydrogen-bond acceptors (Lipinski definition) is 6. The average Bonchev–Trinajstić information content (AvgIpc) is 3.21. The number of carbonyl (C=O) groups excluding carboxylic acids is 3. The first-order valence-corrected chi connectivity index (χ1v) is 9.70. The number of carbonyl (C=O) groups is 3. The molecule has 0 atom stereocenters. The fourth-order valence-corrected chi connectivity index (χ4v) is 3.14. The highest BCUT2D eigenvalue weighted by atomic mass is 32.1. The normalized spacial score (nSPS) is 11.0. The van der Waals surface area contributed by atoms with E-state index >= 15 is 0 Å². The average molecular weight is 401 g/mol. The summed E-state index contributed by atoms with van der Waals surface area (Å²) in [4.78, 5) is 36.2. The first-order valence-electron chi connectivity index (χ1n) is 8.82. The molecule has 148 valence electrons. The van der Waals surface area contributed by atoms with E-state index in [0.717, 1.165) is 16.0 Å². The van der Waals surface area contributed by atoms with E-state index < -0.39 is 11.9 Å². The fraction of sp³-hybridized carbons (Fsp3) is 0.286. The monoisotopic (exact) mass is 401 g/mol. The van der Waals surface area contributed by atoms with E-state index in [-0.39, 0.29) is 19.0 Å². The Morgan fingerprint density at radius 1 is 1.18 bits per heavy atom. The third-order valence-electron chi connectivity index (χ3n) is 3.80. The zero-order valence-corrected chi connectivity index (χ0v) is 16.7. The lowest BCUT2D eigenvalue weighted by Crippen LogP contribution is -2.30. The van der Waals surface area contributed by atoms with Gasteiger partial charge in [0, 0.05) is 17.8 Å². The van der Waals surface area contributed by atoms with Crippen molar-refractivity contribution in [3.8, 4) is 0 Å². The number of amides is 1. The van der Waals surface area contributed by atoms with Crippen LogP contribution >= 0.6 is 11.3 Å². The van der Waals surface area contributed by atoms with Gasteiger partial charge in [-0.3, -0.25) is 9.59 Å². The number of nitrogens with one attached hydrogen (secondary N) is 1. The van der Waals surface area contributed by atoms with E-state index in [9.17, 15) is 14.4 Å². The Labute approximate surface area is 168 Å². The summed E-state index contributed by atoms with van der Waals surface area (Å²) in [6.07, 6.45) is 2.44. The molecule has 0 aliphatic carbocycles. The van der Waals surface area contributed by atoms with Gasteiger partial charge in [-0.2, -0.15) is 0 Å². The molecule has 0 radical (unpaired) electrons. The minimum atomic E-state index is -0.561. The molecule has 0 fully saturated rings. The third kappa shape index (κ3) is 7.00. The summed E-state index contributed by atoms with van der Waals surface area (Å²) in [5.41, 5.74) is 2.37. The summed E-state index contributed by atoms with van der Waals surface area (Å²) in [5, 5.41) is 4.48. The minimum absolute atomic E-state index is 0.221. The van der Waals surface area contributed by atoms with Crippen molar-refractivity contribution in [2.75, 3.05) is 20.3 Å². The molecule has 1 amide bonds. The zero-order chi connectivity index (χ0) is 20.4. The van der Waals surface area contributed by atoms with Gasteiger partial charge < -0.3 is 14.8 Å². The van der Waals surface area contributed by atoms with Crippen molar-refractivity contribution in [3.05, 3.63) is 57.8 Å². The Morgan fingerprint density at radius 3 is 2.68 bits per heavy atom. The van der Waals surface area contributed by atoms with Crippen molar-refractivity contribution in [2.45, 2.75) is 19.8 Å². The number of aryl methyl sites for hydroxylation is 1. The maximum Gasteiger partial charge on any atom is 0.340 e. The highest BCUT2D eigenvalue weighted by Crippen LogP contribution is 2.24. The summed E-state index contributed by atoms with van der Waals surface area (Å²) in [6.45, 7) is 1.90. The van der Waals surface area contributed by atoms with Gasteiger partial charge in [0.25, 0.3) is 5.91 Å². The van der Waals surface area contributed by atoms with Crippen molar-refractivity contribution < 1.29 is 23.9 Å². The number of thiophene rings is 1. The molecule has 0 bridgehead atoms. The SMILES string of the molecule is COC(=O)CCCNC(=O)COC(=O)/C(=C/c1cccc(C)c1)c1cccs1. The summed E-state index contributed by atoms with van der Waals surface area (Å²) in [5.74, 6) is -1.31. The lowest BCUT2D eigenvalue weighted by atomic mass is 10.1. The number of ether oxygens (including phenoxy) is 2. The molecule has 0 aliphatic rings. The van der Waals surface area contributed by atoms with Crippen LogP contribution in [0.3, 0.4) is 0 Å². The lowest BCUT2D eigenvalue weighted by Gasteiger charge is -2.08. The molecule has 1 aromatic heterocycles. The molecule has 6 nitrogen and oxygen atoms in total. The summed E-state index contributed by atoms with van der Waals surface area (Å²) >= 11 is 1.43. The first kappa shape index (κ1) is 21.4. The van der Waals surface area contributed by atoms with Gasteiger partial charge in [-0.15, -0.1) is 11.3 Å². The third-order valence-corrected chi connectivity index (χ3v) is 4.70. The lowest BCUT2D eigenvalue weighted by molar-refractivity contribution is -0.142. The van der Waals surface area contributed by atoms with E-state index in [1.54, 1.807) is 6.08 Å². The molecule has 0 saturated carbocycles. The second-order valence-corrected chi connectivity index (χ2v) is 7.00. The van der Waals surface area contributed by atoms with Crippen molar-refractivity contribution in [1.82, 2.24) is 5.32 Å². The highest BCUT2D eigenvalue weighted by Gasteiger charge is 2.16. The predicted octanol–water partition coefficient (Wildman–Crippen LogP) is 3.21. The Balaban J connectivity index is 1.94. The van der Waals surface area contributed by atoms with E-state index in [2.05, 4.69) is 10.1 Å². The standard InChI is InChI=1S/C21H23NO5S/c1-15-6-3-7-16(12-15)13-17(18-8-5-11-28-18)21(25)27-14-19(23)22-10-4-9-20(24)26-2/h3,5-8,11-13H,4,9-10,14H2,1-2H3,(H,22,23)/b17-13+. The molecule has 28 heavy (non-hydrogen) atoms. The molecule has 0 spiro atoms. The molecule has 2 rings (SSSR count). The van der Waals surface area contributed by atoms with Crippen LogP contribution < -0.4 is 5.32 Å². The molecule has 0 unspecified atom stereocenters. The van der Waals surface area contributed by atoms with Gasteiger partial charge in [-0.1, -0.05) is 35.9 Å². The van der Waals surface area contributed by atoms with Crippen LogP contribution in [-0.2, 0) is 23.9 Å². The summed E-state index contributed by atoms with van der Waals surface area (Å²) in [6, 6.07) is 11.5. The van der Waals surface area contributed by atoms with Crippen LogP contribution in [0, 0.1) is 6.92 Å². The molecule has 2 aromatic rings. The molecular weight excluding hydrogens is 378 g/mol. The second-order valence-electron chi connectivity index (χ2n) is 6.06. The molecular formula is C21H23NO5S. The van der Waals surface area contributed by atoms with Gasteiger partial charge >= 0.3 is 11.9 Å². The van der Waals surface area contributed by atoms with Gasteiger partial charge in [0.05, 0.1) is 12.7 Å². The number of esters is 2. The maximum absolute atomic E-state index is 12.6. The van der Waals surface area contributed by atoms with Crippen molar-refractivity contribution in [2.24, 2.45) is 0 Å². The molecule has 1 aromatic carbocycles. The Bertz CT molecular complexity index is 842. The molecule has 7 heteroatoms. The summed E-state index contributed by atoms with van der Waals surface area (Å²) < 4.78 is 9.72. The quantitative estimate of drug-likeness (QED) is 0.396. The largest absolute Gasteiger partial charge is 0.469 e. The second kappa shape index (κ2) is 11.0. The van der Waals surface area contributed by atoms with Crippen LogP contribution in [0.25, 0.3) is 11.6 Å². The van der Waals surface area contributed by atoms with Crippen molar-refractivity contribution in [1.29, 1.82) is 0 Å². The molecule has 1 N–H and O–H groups in total. The van der Waals surface area contributed by atoms with E-state index in [1.165, 1.54) is 18.4 Å². The van der Waals surface area contributed by atoms with Crippen LogP contribution in [0.2, 0.25) is 0 Å². The minimum Gasteiger partial charge on any atom is -0.469 e. The van der Waals surface area contributed by atoms with Crippen LogP contribution in [0.5, 0.6) is 0 Å². The molecule has 0 saturated heterocycles. The molecule has 0 aliphatic heterocycles. The number of hydrogen-bond donors (Lipinski definition) is 1. The van der Waals surface area contributed by atoms with E-state index in [1.807, 2.05) is 48.7 Å².